The molecule has 1 saturated carbocycles. The van der Waals surface area contributed by atoms with E-state index in [-0.39, 0.29) is 12.0 Å². The Kier molecular flexibility index (Phi) is 4.77. The monoisotopic (exact) mass is 393 g/mol. The van der Waals surface area contributed by atoms with E-state index in [4.69, 9.17) is 22.1 Å². The van der Waals surface area contributed by atoms with Crippen molar-refractivity contribution in [1.82, 2.24) is 9.88 Å². The van der Waals surface area contributed by atoms with E-state index in [1.54, 1.807) is 12.1 Å². The first-order valence-corrected chi connectivity index (χ1v) is 9.80. The van der Waals surface area contributed by atoms with Gasteiger partial charge in [0, 0.05) is 18.1 Å². The number of likely N-dealkylation sites (tertiary alicyclic amines) is 1. The van der Waals surface area contributed by atoms with Crippen LogP contribution in [0, 0.1) is 11.8 Å². The number of aliphatic hydroxyl groups excluding tert-OH is 1. The first-order valence-electron chi connectivity index (χ1n) is 8.60. The van der Waals surface area contributed by atoms with Gasteiger partial charge in [0.15, 0.2) is 5.13 Å². The zero-order chi connectivity index (χ0) is 18.3. The first-order chi connectivity index (χ1) is 12.5. The Balaban J connectivity index is 1.42. The molecule has 8 heteroatoms. The average Bonchev–Trinajstić information content (AvgIpc) is 3.20. The van der Waals surface area contributed by atoms with Gasteiger partial charge in [0.05, 0.1) is 12.3 Å². The summed E-state index contributed by atoms with van der Waals surface area (Å²) < 4.78 is 5.98. The van der Waals surface area contributed by atoms with E-state index in [9.17, 15) is 9.90 Å². The molecule has 1 aromatic carbocycles. The first kappa shape index (κ1) is 17.6. The van der Waals surface area contributed by atoms with Crippen molar-refractivity contribution in [3.8, 4) is 5.75 Å². The number of fused-ring (bicyclic) bond motifs is 1. The van der Waals surface area contributed by atoms with E-state index < -0.39 is 6.10 Å². The smallest absolute Gasteiger partial charge is 0.265 e. The van der Waals surface area contributed by atoms with Crippen LogP contribution in [0.5, 0.6) is 5.75 Å². The fourth-order valence-electron chi connectivity index (χ4n) is 3.94. The lowest BCUT2D eigenvalue weighted by molar-refractivity contribution is -0.0231. The van der Waals surface area contributed by atoms with Crippen LogP contribution in [0.15, 0.2) is 30.5 Å². The molecule has 1 amide bonds. The van der Waals surface area contributed by atoms with Crippen LogP contribution < -0.4 is 10.5 Å². The van der Waals surface area contributed by atoms with Crippen LogP contribution in [-0.4, -0.2) is 46.2 Å². The van der Waals surface area contributed by atoms with E-state index in [1.807, 2.05) is 17.0 Å². The normalized spacial score (nSPS) is 28.0. The summed E-state index contributed by atoms with van der Waals surface area (Å²) in [6.07, 6.45) is 2.04. The van der Waals surface area contributed by atoms with Gasteiger partial charge < -0.3 is 20.5 Å². The van der Waals surface area contributed by atoms with E-state index in [0.717, 1.165) is 0 Å². The molecule has 0 spiro atoms. The Labute approximate surface area is 160 Å². The lowest BCUT2D eigenvalue weighted by atomic mass is 9.78. The lowest BCUT2D eigenvalue weighted by Crippen LogP contribution is -2.42. The SMILES string of the molecule is Nc1ncc(C(=O)N2C[C@H]3C[C@@H](Oc4cccc(Cl)c4)[C@H](O)C[C@H]3C2)s1. The van der Waals surface area contributed by atoms with E-state index in [1.165, 1.54) is 17.5 Å². The van der Waals surface area contributed by atoms with Crippen LogP contribution in [0.25, 0.3) is 0 Å². The summed E-state index contributed by atoms with van der Waals surface area (Å²) in [5.41, 5.74) is 5.63. The number of thiazole rings is 1. The van der Waals surface area contributed by atoms with E-state index in [0.29, 0.717) is 58.5 Å². The molecule has 2 aromatic rings. The van der Waals surface area contributed by atoms with Crippen LogP contribution in [-0.2, 0) is 0 Å². The molecule has 1 aromatic heterocycles. The Morgan fingerprint density at radius 3 is 2.81 bits per heavy atom. The lowest BCUT2D eigenvalue weighted by Gasteiger charge is -2.35. The molecular weight excluding hydrogens is 374 g/mol. The van der Waals surface area contributed by atoms with Crippen LogP contribution >= 0.6 is 22.9 Å². The molecule has 1 saturated heterocycles. The van der Waals surface area contributed by atoms with Crippen LogP contribution in [0.3, 0.4) is 0 Å². The molecule has 1 aliphatic carbocycles. The standard InChI is InChI=1S/C18H20ClN3O3S/c19-12-2-1-3-13(6-12)25-15-5-11-9-22(8-10(11)4-14(15)23)17(24)16-7-21-18(20)26-16/h1-3,6-7,10-11,14-15,23H,4-5,8-9H2,(H2,20,21)/t10-,11+,14+,15+/m0/s1. The Bertz CT molecular complexity index is 814. The zero-order valence-corrected chi connectivity index (χ0v) is 15.6. The molecule has 2 fully saturated rings. The molecule has 4 rings (SSSR count). The summed E-state index contributed by atoms with van der Waals surface area (Å²) in [7, 11) is 0. The number of rotatable bonds is 3. The van der Waals surface area contributed by atoms with Gasteiger partial charge in [0.25, 0.3) is 5.91 Å². The van der Waals surface area contributed by atoms with Gasteiger partial charge in [-0.3, -0.25) is 4.79 Å². The third-order valence-corrected chi connectivity index (χ3v) is 6.24. The van der Waals surface area contributed by atoms with Crippen molar-refractivity contribution >= 4 is 34.0 Å². The number of hydrogen-bond acceptors (Lipinski definition) is 6. The van der Waals surface area contributed by atoms with Gasteiger partial charge >= 0.3 is 0 Å². The molecule has 3 N–H and O–H groups in total. The fraction of sp³-hybridized carbons (Fsp3) is 0.444. The molecular formula is C18H20ClN3O3S. The summed E-state index contributed by atoms with van der Waals surface area (Å²) >= 11 is 7.21. The molecule has 138 valence electrons. The number of benzene rings is 1. The minimum absolute atomic E-state index is 0.0320. The molecule has 4 atom stereocenters. The number of ether oxygens (including phenoxy) is 1. The molecule has 6 nitrogen and oxygen atoms in total. The van der Waals surface area contributed by atoms with Gasteiger partial charge in [-0.05, 0) is 42.9 Å². The maximum absolute atomic E-state index is 12.6. The number of aliphatic hydroxyl groups is 1. The molecule has 0 bridgehead atoms. The molecule has 1 aliphatic heterocycles. The summed E-state index contributed by atoms with van der Waals surface area (Å²) in [4.78, 5) is 19.0. The summed E-state index contributed by atoms with van der Waals surface area (Å²) in [6.45, 7) is 1.33. The molecule has 26 heavy (non-hydrogen) atoms. The maximum atomic E-state index is 12.6. The molecule has 0 unspecified atom stereocenters. The number of hydrogen-bond donors (Lipinski definition) is 2. The second-order valence-electron chi connectivity index (χ2n) is 6.95. The maximum Gasteiger partial charge on any atom is 0.265 e. The highest BCUT2D eigenvalue weighted by Gasteiger charge is 2.44. The quantitative estimate of drug-likeness (QED) is 0.836. The van der Waals surface area contributed by atoms with Gasteiger partial charge in [0.1, 0.15) is 16.7 Å². The molecule has 2 aliphatic rings. The zero-order valence-electron chi connectivity index (χ0n) is 14.0. The Morgan fingerprint density at radius 1 is 1.35 bits per heavy atom. The highest BCUT2D eigenvalue weighted by molar-refractivity contribution is 7.17. The minimum atomic E-state index is -0.552. The largest absolute Gasteiger partial charge is 0.488 e. The molecule has 0 radical (unpaired) electrons. The minimum Gasteiger partial charge on any atom is -0.488 e. The molecule has 2 heterocycles. The number of anilines is 1. The van der Waals surface area contributed by atoms with Crippen molar-refractivity contribution in [1.29, 1.82) is 0 Å². The highest BCUT2D eigenvalue weighted by Crippen LogP contribution is 2.39. The Hall–Kier alpha value is -1.83. The number of carbonyl (C=O) groups is 1. The second kappa shape index (κ2) is 7.06. The van der Waals surface area contributed by atoms with Crippen molar-refractivity contribution in [3.63, 3.8) is 0 Å². The number of nitrogens with two attached hydrogens (primary N) is 1. The summed E-state index contributed by atoms with van der Waals surface area (Å²) in [5.74, 6) is 1.23. The number of nitrogens with zero attached hydrogens (tertiary/aromatic N) is 2. The number of amides is 1. The predicted octanol–water partition coefficient (Wildman–Crippen LogP) is 2.67. The van der Waals surface area contributed by atoms with Crippen molar-refractivity contribution in [2.45, 2.75) is 25.0 Å². The Morgan fingerprint density at radius 2 is 2.12 bits per heavy atom. The number of halogens is 1. The fourth-order valence-corrected chi connectivity index (χ4v) is 4.77. The summed E-state index contributed by atoms with van der Waals surface area (Å²) in [5, 5.41) is 11.5. The van der Waals surface area contributed by atoms with Gasteiger partial charge in [-0.25, -0.2) is 4.98 Å². The van der Waals surface area contributed by atoms with Gasteiger partial charge in [-0.1, -0.05) is 29.0 Å². The number of aromatic nitrogens is 1. The topological polar surface area (TPSA) is 88.7 Å². The van der Waals surface area contributed by atoms with Crippen LogP contribution in [0.1, 0.15) is 22.5 Å². The third kappa shape index (κ3) is 3.51. The van der Waals surface area contributed by atoms with Crippen molar-refractivity contribution < 1.29 is 14.6 Å². The summed E-state index contributed by atoms with van der Waals surface area (Å²) in [6, 6.07) is 7.20. The van der Waals surface area contributed by atoms with Crippen molar-refractivity contribution in [3.05, 3.63) is 40.4 Å². The number of nitrogen functional groups attached to an aromatic ring is 1. The third-order valence-electron chi connectivity index (χ3n) is 5.19. The van der Waals surface area contributed by atoms with Gasteiger partial charge in [-0.2, -0.15) is 0 Å². The highest BCUT2D eigenvalue weighted by atomic mass is 35.5. The van der Waals surface area contributed by atoms with E-state index >= 15 is 0 Å². The number of carbonyl (C=O) groups excluding carboxylic acids is 1. The van der Waals surface area contributed by atoms with Crippen molar-refractivity contribution in [2.75, 3.05) is 18.8 Å². The van der Waals surface area contributed by atoms with Gasteiger partial charge in [-0.15, -0.1) is 0 Å². The second-order valence-corrected chi connectivity index (χ2v) is 8.44. The predicted molar refractivity (Wildman–Crippen MR) is 101 cm³/mol. The van der Waals surface area contributed by atoms with E-state index in [2.05, 4.69) is 4.98 Å². The van der Waals surface area contributed by atoms with Crippen molar-refractivity contribution in [2.24, 2.45) is 11.8 Å². The van der Waals surface area contributed by atoms with Crippen LogP contribution in [0.2, 0.25) is 5.02 Å². The van der Waals surface area contributed by atoms with Crippen LogP contribution in [0.4, 0.5) is 5.13 Å². The average molecular weight is 394 g/mol. The van der Waals surface area contributed by atoms with Gasteiger partial charge in [0.2, 0.25) is 0 Å².